The molecule has 0 atom stereocenters. The van der Waals surface area contributed by atoms with E-state index in [0.29, 0.717) is 11.3 Å². The molecule has 0 spiro atoms. The molecule has 104 valence electrons. The molecule has 1 saturated carbocycles. The highest BCUT2D eigenvalue weighted by Gasteiger charge is 2.21. The molecule has 1 heterocycles. The summed E-state index contributed by atoms with van der Waals surface area (Å²) in [6, 6.07) is 9.88. The number of amides is 1. The molecule has 4 heteroatoms. The second kappa shape index (κ2) is 5.90. The van der Waals surface area contributed by atoms with E-state index in [1.807, 2.05) is 30.3 Å². The van der Waals surface area contributed by atoms with Gasteiger partial charge in [-0.2, -0.15) is 0 Å². The van der Waals surface area contributed by atoms with Crippen molar-refractivity contribution in [3.05, 3.63) is 42.1 Å². The number of carbonyl (C=O) groups excluding carboxylic acids is 1. The number of hydrogen-bond donors (Lipinski definition) is 1. The third-order valence-corrected chi connectivity index (χ3v) is 3.79. The molecule has 1 aromatic heterocycles. The molecule has 0 saturated heterocycles. The van der Waals surface area contributed by atoms with Crippen LogP contribution in [0.1, 0.15) is 42.5 Å². The van der Waals surface area contributed by atoms with Crippen LogP contribution < -0.4 is 5.32 Å². The van der Waals surface area contributed by atoms with Gasteiger partial charge in [-0.25, -0.2) is 0 Å². The molecule has 2 aromatic rings. The van der Waals surface area contributed by atoms with Crippen LogP contribution in [0.4, 0.5) is 0 Å². The fourth-order valence-corrected chi connectivity index (χ4v) is 2.71. The first-order valence-corrected chi connectivity index (χ1v) is 7.15. The lowest BCUT2D eigenvalue weighted by atomic mass is 9.95. The van der Waals surface area contributed by atoms with E-state index < -0.39 is 0 Å². The maximum atomic E-state index is 12.4. The highest BCUT2D eigenvalue weighted by Crippen LogP contribution is 2.24. The van der Waals surface area contributed by atoms with Gasteiger partial charge in [0.15, 0.2) is 5.76 Å². The van der Waals surface area contributed by atoms with Crippen molar-refractivity contribution in [3.63, 3.8) is 0 Å². The molecule has 1 fully saturated rings. The number of nitrogens with one attached hydrogen (secondary N) is 1. The van der Waals surface area contributed by atoms with E-state index in [1.54, 1.807) is 0 Å². The minimum Gasteiger partial charge on any atom is -0.355 e. The molecule has 0 aliphatic heterocycles. The van der Waals surface area contributed by atoms with Gasteiger partial charge in [-0.1, -0.05) is 54.8 Å². The standard InChI is InChI=1S/C16H18N2O2/c19-16(18-13-9-5-2-6-10-13)14-11-17-20-15(14)12-7-3-1-4-8-12/h1,3-4,7-8,11,13H,2,5-6,9-10H2,(H,18,19). The second-order valence-electron chi connectivity index (χ2n) is 5.24. The molecule has 0 bridgehead atoms. The number of benzene rings is 1. The maximum absolute atomic E-state index is 12.4. The van der Waals surface area contributed by atoms with Crippen molar-refractivity contribution in [1.29, 1.82) is 0 Å². The number of nitrogens with zero attached hydrogens (tertiary/aromatic N) is 1. The molecule has 20 heavy (non-hydrogen) atoms. The molecular weight excluding hydrogens is 252 g/mol. The third-order valence-electron chi connectivity index (χ3n) is 3.79. The lowest BCUT2D eigenvalue weighted by Crippen LogP contribution is -2.36. The van der Waals surface area contributed by atoms with Gasteiger partial charge in [0.1, 0.15) is 5.56 Å². The molecule has 4 nitrogen and oxygen atoms in total. The predicted molar refractivity (Wildman–Crippen MR) is 76.3 cm³/mol. The lowest BCUT2D eigenvalue weighted by Gasteiger charge is -2.22. The Kier molecular flexibility index (Phi) is 3.81. The second-order valence-corrected chi connectivity index (χ2v) is 5.24. The molecule has 0 radical (unpaired) electrons. The number of rotatable bonds is 3. The SMILES string of the molecule is O=C(NC1CCCCC1)c1cnoc1-c1ccccc1. The normalized spacial score (nSPS) is 16.0. The molecule has 1 aromatic carbocycles. The monoisotopic (exact) mass is 270 g/mol. The molecule has 1 aliphatic carbocycles. The van der Waals surface area contributed by atoms with Crippen molar-refractivity contribution in [2.75, 3.05) is 0 Å². The van der Waals surface area contributed by atoms with Gasteiger partial charge in [0, 0.05) is 11.6 Å². The van der Waals surface area contributed by atoms with E-state index in [1.165, 1.54) is 25.5 Å². The summed E-state index contributed by atoms with van der Waals surface area (Å²) in [4.78, 5) is 12.4. The minimum atomic E-state index is -0.0861. The first kappa shape index (κ1) is 12.9. The Balaban J connectivity index is 1.77. The van der Waals surface area contributed by atoms with E-state index >= 15 is 0 Å². The van der Waals surface area contributed by atoms with Crippen LogP contribution in [-0.2, 0) is 0 Å². The van der Waals surface area contributed by atoms with Crippen LogP contribution in [0.15, 0.2) is 41.1 Å². The van der Waals surface area contributed by atoms with E-state index in [2.05, 4.69) is 10.5 Å². The van der Waals surface area contributed by atoms with Crippen LogP contribution in [-0.4, -0.2) is 17.1 Å². The Labute approximate surface area is 118 Å². The van der Waals surface area contributed by atoms with Gasteiger partial charge in [0.25, 0.3) is 5.91 Å². The predicted octanol–water partition coefficient (Wildman–Crippen LogP) is 3.40. The van der Waals surface area contributed by atoms with Crippen LogP contribution in [0.25, 0.3) is 11.3 Å². The topological polar surface area (TPSA) is 55.1 Å². The van der Waals surface area contributed by atoms with Gasteiger partial charge in [-0.3, -0.25) is 4.79 Å². The largest absolute Gasteiger partial charge is 0.355 e. The summed E-state index contributed by atoms with van der Waals surface area (Å²) in [7, 11) is 0. The molecule has 1 aliphatic rings. The zero-order chi connectivity index (χ0) is 13.8. The van der Waals surface area contributed by atoms with Crippen molar-refractivity contribution in [3.8, 4) is 11.3 Å². The van der Waals surface area contributed by atoms with Gasteiger partial charge in [0.05, 0.1) is 6.20 Å². The van der Waals surface area contributed by atoms with Gasteiger partial charge in [-0.05, 0) is 12.8 Å². The van der Waals surface area contributed by atoms with Gasteiger partial charge in [0.2, 0.25) is 0 Å². The Morgan fingerprint density at radius 2 is 1.90 bits per heavy atom. The quantitative estimate of drug-likeness (QED) is 0.930. The highest BCUT2D eigenvalue weighted by atomic mass is 16.5. The van der Waals surface area contributed by atoms with Crippen LogP contribution in [0.5, 0.6) is 0 Å². The van der Waals surface area contributed by atoms with Crippen molar-refractivity contribution in [1.82, 2.24) is 10.5 Å². The molecule has 0 unspecified atom stereocenters. The first-order chi connectivity index (χ1) is 9.84. The molecule has 3 rings (SSSR count). The molecular formula is C16H18N2O2. The smallest absolute Gasteiger partial charge is 0.257 e. The maximum Gasteiger partial charge on any atom is 0.257 e. The van der Waals surface area contributed by atoms with E-state index in [9.17, 15) is 4.79 Å². The lowest BCUT2D eigenvalue weighted by molar-refractivity contribution is 0.0928. The van der Waals surface area contributed by atoms with Gasteiger partial charge >= 0.3 is 0 Å². The van der Waals surface area contributed by atoms with Crippen molar-refractivity contribution in [2.24, 2.45) is 0 Å². The summed E-state index contributed by atoms with van der Waals surface area (Å²) in [5.41, 5.74) is 1.39. The molecule has 1 amide bonds. The van der Waals surface area contributed by atoms with Gasteiger partial charge < -0.3 is 9.84 Å². The van der Waals surface area contributed by atoms with Crippen LogP contribution in [0, 0.1) is 0 Å². The summed E-state index contributed by atoms with van der Waals surface area (Å²) >= 11 is 0. The summed E-state index contributed by atoms with van der Waals surface area (Å²) in [5.74, 6) is 0.455. The van der Waals surface area contributed by atoms with E-state index in [4.69, 9.17) is 4.52 Å². The first-order valence-electron chi connectivity index (χ1n) is 7.15. The number of carbonyl (C=O) groups is 1. The molecule has 1 N–H and O–H groups in total. The van der Waals surface area contributed by atoms with Gasteiger partial charge in [-0.15, -0.1) is 0 Å². The highest BCUT2D eigenvalue weighted by molar-refractivity contribution is 5.99. The van der Waals surface area contributed by atoms with Crippen molar-refractivity contribution in [2.45, 2.75) is 38.1 Å². The minimum absolute atomic E-state index is 0.0861. The van der Waals surface area contributed by atoms with E-state index in [-0.39, 0.29) is 11.9 Å². The van der Waals surface area contributed by atoms with Crippen LogP contribution in [0.3, 0.4) is 0 Å². The van der Waals surface area contributed by atoms with Crippen molar-refractivity contribution >= 4 is 5.91 Å². The van der Waals surface area contributed by atoms with Crippen LogP contribution in [0.2, 0.25) is 0 Å². The third kappa shape index (κ3) is 2.74. The van der Waals surface area contributed by atoms with E-state index in [0.717, 1.165) is 18.4 Å². The fourth-order valence-electron chi connectivity index (χ4n) is 2.71. The zero-order valence-electron chi connectivity index (χ0n) is 11.3. The fraction of sp³-hybridized carbons (Fsp3) is 0.375. The summed E-state index contributed by atoms with van der Waals surface area (Å²) in [6.45, 7) is 0. The average Bonchev–Trinajstić information content (AvgIpc) is 2.99. The number of hydrogen-bond acceptors (Lipinski definition) is 3. The van der Waals surface area contributed by atoms with Crippen molar-refractivity contribution < 1.29 is 9.32 Å². The summed E-state index contributed by atoms with van der Waals surface area (Å²) in [5, 5.41) is 6.87. The average molecular weight is 270 g/mol. The number of aromatic nitrogens is 1. The Morgan fingerprint density at radius 1 is 1.15 bits per heavy atom. The Morgan fingerprint density at radius 3 is 2.65 bits per heavy atom. The zero-order valence-corrected chi connectivity index (χ0v) is 11.3. The Hall–Kier alpha value is -2.10. The van der Waals surface area contributed by atoms with Crippen LogP contribution >= 0.6 is 0 Å². The Bertz CT molecular complexity index is 571. The summed E-state index contributed by atoms with van der Waals surface area (Å²) < 4.78 is 5.25. The summed E-state index contributed by atoms with van der Waals surface area (Å²) in [6.07, 6.45) is 7.30.